The number of methoxy groups -OCH3 is 2. The molecule has 0 aliphatic heterocycles. The topological polar surface area (TPSA) is 62.1 Å². The molecule has 0 bridgehead atoms. The molecule has 82 valence electrons. The average Bonchev–Trinajstić information content (AvgIpc) is 2.70. The summed E-state index contributed by atoms with van der Waals surface area (Å²) >= 11 is 1.40. The van der Waals surface area contributed by atoms with Crippen molar-refractivity contribution >= 4 is 11.8 Å². The minimum absolute atomic E-state index is 0.362. The van der Waals surface area contributed by atoms with Crippen LogP contribution in [0.5, 0.6) is 0 Å². The predicted octanol–water partition coefficient (Wildman–Crippen LogP) is 0.0173. The fourth-order valence-electron chi connectivity index (χ4n) is 0.907. The third-order valence-corrected chi connectivity index (χ3v) is 2.49. The Balaban J connectivity index is 2.60. The van der Waals surface area contributed by atoms with E-state index in [9.17, 15) is 0 Å². The van der Waals surface area contributed by atoms with E-state index in [0.29, 0.717) is 17.5 Å². The summed E-state index contributed by atoms with van der Waals surface area (Å²) in [6.45, 7) is 0.437. The Morgan fingerprint density at radius 3 is 2.87 bits per heavy atom. The van der Waals surface area contributed by atoms with Crippen LogP contribution in [0.2, 0.25) is 0 Å². The fraction of sp³-hybridized carbons (Fsp3) is 0.625. The lowest BCUT2D eigenvalue weighted by Gasteiger charge is -2.12. The van der Waals surface area contributed by atoms with Crippen molar-refractivity contribution in [2.24, 2.45) is 0 Å². The molecule has 15 heavy (non-hydrogen) atoms. The number of hydrogen-bond donors (Lipinski definition) is 0. The molecule has 0 N–H and O–H groups in total. The van der Waals surface area contributed by atoms with Crippen LogP contribution in [0.3, 0.4) is 0 Å². The number of rotatable bonds is 6. The van der Waals surface area contributed by atoms with Crippen molar-refractivity contribution in [3.8, 4) is 12.3 Å². The molecule has 7 heteroatoms. The van der Waals surface area contributed by atoms with Gasteiger partial charge in [0, 0.05) is 14.2 Å². The van der Waals surface area contributed by atoms with Gasteiger partial charge in [-0.3, -0.25) is 0 Å². The third kappa shape index (κ3) is 3.51. The summed E-state index contributed by atoms with van der Waals surface area (Å²) in [6, 6.07) is 0. The summed E-state index contributed by atoms with van der Waals surface area (Å²) in [5.41, 5.74) is 0. The zero-order valence-corrected chi connectivity index (χ0v) is 9.40. The zero-order chi connectivity index (χ0) is 11.1. The molecule has 0 aliphatic carbocycles. The quantitative estimate of drug-likeness (QED) is 0.388. The molecule has 0 atom stereocenters. The van der Waals surface area contributed by atoms with Crippen LogP contribution >= 0.6 is 11.8 Å². The van der Waals surface area contributed by atoms with Gasteiger partial charge in [-0.25, -0.2) is 4.68 Å². The second-order valence-corrected chi connectivity index (χ2v) is 3.48. The van der Waals surface area contributed by atoms with Crippen LogP contribution in [-0.4, -0.2) is 46.5 Å². The highest BCUT2D eigenvalue weighted by molar-refractivity contribution is 7.99. The van der Waals surface area contributed by atoms with E-state index in [1.165, 1.54) is 11.8 Å². The van der Waals surface area contributed by atoms with Crippen molar-refractivity contribution in [1.29, 1.82) is 0 Å². The SMILES string of the molecule is C#CCSc1nnnn1CC(OC)OC. The van der Waals surface area contributed by atoms with E-state index in [4.69, 9.17) is 15.9 Å². The number of ether oxygens (including phenoxy) is 2. The van der Waals surface area contributed by atoms with Gasteiger partial charge >= 0.3 is 0 Å². The van der Waals surface area contributed by atoms with E-state index in [1.54, 1.807) is 18.9 Å². The van der Waals surface area contributed by atoms with E-state index in [0.717, 1.165) is 0 Å². The highest BCUT2D eigenvalue weighted by Crippen LogP contribution is 2.13. The first-order valence-electron chi connectivity index (χ1n) is 4.19. The largest absolute Gasteiger partial charge is 0.354 e. The summed E-state index contributed by atoms with van der Waals surface area (Å²) in [5, 5.41) is 11.9. The summed E-state index contributed by atoms with van der Waals surface area (Å²) in [7, 11) is 3.12. The molecular formula is C8H12N4O2S. The van der Waals surface area contributed by atoms with Gasteiger partial charge in [0.1, 0.15) is 0 Å². The molecule has 0 saturated carbocycles. The zero-order valence-electron chi connectivity index (χ0n) is 8.58. The molecule has 0 fully saturated rings. The van der Waals surface area contributed by atoms with E-state index in [-0.39, 0.29) is 6.29 Å². The minimum atomic E-state index is -0.362. The smallest absolute Gasteiger partial charge is 0.210 e. The molecule has 0 aromatic carbocycles. The number of tetrazole rings is 1. The van der Waals surface area contributed by atoms with Gasteiger partial charge in [-0.2, -0.15) is 0 Å². The third-order valence-electron chi connectivity index (χ3n) is 1.63. The Bertz CT molecular complexity index is 332. The molecule has 1 rings (SSSR count). The first kappa shape index (κ1) is 12.0. The number of terminal acetylenes is 1. The Morgan fingerprint density at radius 1 is 1.53 bits per heavy atom. The van der Waals surface area contributed by atoms with Crippen molar-refractivity contribution in [3.05, 3.63) is 0 Å². The Morgan fingerprint density at radius 2 is 2.27 bits per heavy atom. The lowest BCUT2D eigenvalue weighted by atomic mass is 10.6. The number of thioether (sulfide) groups is 1. The Hall–Kier alpha value is -1.10. The molecule has 1 aromatic heterocycles. The highest BCUT2D eigenvalue weighted by atomic mass is 32.2. The van der Waals surface area contributed by atoms with Crippen molar-refractivity contribution in [3.63, 3.8) is 0 Å². The van der Waals surface area contributed by atoms with Crippen LogP contribution in [0.15, 0.2) is 5.16 Å². The molecule has 0 spiro atoms. The monoisotopic (exact) mass is 228 g/mol. The second-order valence-electron chi connectivity index (χ2n) is 2.54. The first-order valence-corrected chi connectivity index (χ1v) is 5.18. The average molecular weight is 228 g/mol. The van der Waals surface area contributed by atoms with Gasteiger partial charge < -0.3 is 9.47 Å². The van der Waals surface area contributed by atoms with Gasteiger partial charge in [0.2, 0.25) is 5.16 Å². The molecule has 1 heterocycles. The van der Waals surface area contributed by atoms with E-state index < -0.39 is 0 Å². The first-order chi connectivity index (χ1) is 7.31. The van der Waals surface area contributed by atoms with Crippen molar-refractivity contribution in [1.82, 2.24) is 20.2 Å². The van der Waals surface area contributed by atoms with E-state index in [2.05, 4.69) is 21.4 Å². The van der Waals surface area contributed by atoms with E-state index in [1.807, 2.05) is 0 Å². The van der Waals surface area contributed by atoms with Crippen LogP contribution < -0.4 is 0 Å². The van der Waals surface area contributed by atoms with Crippen LogP contribution in [-0.2, 0) is 16.0 Å². The van der Waals surface area contributed by atoms with E-state index >= 15 is 0 Å². The highest BCUT2D eigenvalue weighted by Gasteiger charge is 2.12. The maximum Gasteiger partial charge on any atom is 0.210 e. The van der Waals surface area contributed by atoms with Crippen LogP contribution in [0.4, 0.5) is 0 Å². The number of nitrogens with zero attached hydrogens (tertiary/aromatic N) is 4. The summed E-state index contributed by atoms with van der Waals surface area (Å²) in [6.07, 6.45) is 4.79. The molecule has 0 unspecified atom stereocenters. The van der Waals surface area contributed by atoms with Gasteiger partial charge in [0.05, 0.1) is 12.3 Å². The fourth-order valence-corrected chi connectivity index (χ4v) is 1.47. The molecule has 0 amide bonds. The van der Waals surface area contributed by atoms with Crippen molar-refractivity contribution < 1.29 is 9.47 Å². The summed E-state index contributed by atoms with van der Waals surface area (Å²) in [5.74, 6) is 3.04. The molecule has 0 radical (unpaired) electrons. The molecule has 0 saturated heterocycles. The minimum Gasteiger partial charge on any atom is -0.354 e. The maximum absolute atomic E-state index is 5.15. The summed E-state index contributed by atoms with van der Waals surface area (Å²) < 4.78 is 11.7. The molecular weight excluding hydrogens is 216 g/mol. The van der Waals surface area contributed by atoms with Gasteiger partial charge in [-0.15, -0.1) is 11.5 Å². The van der Waals surface area contributed by atoms with Gasteiger partial charge in [0.15, 0.2) is 6.29 Å². The van der Waals surface area contributed by atoms with Crippen LogP contribution in [0.25, 0.3) is 0 Å². The molecule has 6 nitrogen and oxygen atoms in total. The standard InChI is InChI=1S/C8H12N4O2S/c1-4-5-15-8-9-10-11-12(8)6-7(13-2)14-3/h1,7H,5-6H2,2-3H3. The van der Waals surface area contributed by atoms with Gasteiger partial charge in [0.25, 0.3) is 0 Å². The second kappa shape index (κ2) is 6.40. The lowest BCUT2D eigenvalue weighted by molar-refractivity contribution is -0.113. The number of aromatic nitrogens is 4. The lowest BCUT2D eigenvalue weighted by Crippen LogP contribution is -2.21. The van der Waals surface area contributed by atoms with Gasteiger partial charge in [-0.05, 0) is 10.4 Å². The van der Waals surface area contributed by atoms with Crippen LogP contribution in [0, 0.1) is 12.3 Å². The normalized spacial score (nSPS) is 10.5. The Kier molecular flexibility index (Phi) is 5.10. The maximum atomic E-state index is 5.15. The predicted molar refractivity (Wildman–Crippen MR) is 55.2 cm³/mol. The van der Waals surface area contributed by atoms with Crippen LogP contribution in [0.1, 0.15) is 0 Å². The number of hydrogen-bond acceptors (Lipinski definition) is 6. The molecule has 1 aromatic rings. The van der Waals surface area contributed by atoms with Gasteiger partial charge in [-0.1, -0.05) is 17.7 Å². The summed E-state index contributed by atoms with van der Waals surface area (Å²) in [4.78, 5) is 0. The van der Waals surface area contributed by atoms with Crippen molar-refractivity contribution in [2.45, 2.75) is 18.0 Å². The van der Waals surface area contributed by atoms with Crippen molar-refractivity contribution in [2.75, 3.05) is 20.0 Å². The Labute approximate surface area is 92.3 Å². The molecule has 0 aliphatic rings.